The fourth-order valence-electron chi connectivity index (χ4n) is 5.66. The number of nitrogen functional groups attached to an aromatic ring is 1. The molecular weight excluding hydrogens is 434 g/mol. The fraction of sp³-hybridized carbons (Fsp3) is 0.609. The smallest absolute Gasteiger partial charge is 0.259 e. The molecule has 3 aromatic heterocycles. The molecule has 3 fully saturated rings. The first-order valence-electron chi connectivity index (χ1n) is 12.4. The maximum Gasteiger partial charge on any atom is 0.259 e. The van der Waals surface area contributed by atoms with Crippen LogP contribution < -0.4 is 10.6 Å². The van der Waals surface area contributed by atoms with Gasteiger partial charge in [0.15, 0.2) is 5.76 Å². The molecule has 34 heavy (non-hydrogen) atoms. The van der Waals surface area contributed by atoms with E-state index in [1.165, 1.54) is 36.6 Å². The Labute approximate surface area is 197 Å². The van der Waals surface area contributed by atoms with Gasteiger partial charge in [0.05, 0.1) is 6.26 Å². The number of nitrogens with zero attached hydrogens (tertiary/aromatic N) is 8. The van der Waals surface area contributed by atoms with Crippen molar-refractivity contribution in [3.05, 3.63) is 18.4 Å². The summed E-state index contributed by atoms with van der Waals surface area (Å²) in [6.45, 7) is 4.23. The van der Waals surface area contributed by atoms with E-state index >= 15 is 0 Å². The Hall–Kier alpha value is -3.21. The van der Waals surface area contributed by atoms with Crippen molar-refractivity contribution in [1.82, 2.24) is 34.4 Å². The van der Waals surface area contributed by atoms with Crippen LogP contribution >= 0.6 is 0 Å². The van der Waals surface area contributed by atoms with Crippen LogP contribution in [0.1, 0.15) is 44.9 Å². The molecule has 1 amide bonds. The maximum absolute atomic E-state index is 13.5. The summed E-state index contributed by atoms with van der Waals surface area (Å²) in [7, 11) is 0. The number of fused-ring (bicyclic) bond motifs is 1. The van der Waals surface area contributed by atoms with Crippen LogP contribution in [0.25, 0.3) is 17.4 Å². The summed E-state index contributed by atoms with van der Waals surface area (Å²) in [6.07, 6.45) is 9.91. The minimum atomic E-state index is -0.268. The highest BCUT2D eigenvalue weighted by Gasteiger charge is 2.37. The summed E-state index contributed by atoms with van der Waals surface area (Å²) in [5.41, 5.74) is 6.19. The van der Waals surface area contributed by atoms with E-state index in [2.05, 4.69) is 25.0 Å². The number of rotatable bonds is 4. The molecule has 2 aliphatic heterocycles. The van der Waals surface area contributed by atoms with E-state index in [4.69, 9.17) is 10.2 Å². The number of carbonyl (C=O) groups is 1. The van der Waals surface area contributed by atoms with Crippen LogP contribution in [0.5, 0.6) is 0 Å². The van der Waals surface area contributed by atoms with Crippen molar-refractivity contribution in [3.63, 3.8) is 0 Å². The molecule has 1 aliphatic carbocycles. The lowest BCUT2D eigenvalue weighted by molar-refractivity contribution is -0.134. The lowest BCUT2D eigenvalue weighted by Crippen LogP contribution is -2.56. The first kappa shape index (κ1) is 21.3. The molecule has 11 heteroatoms. The third kappa shape index (κ3) is 3.87. The summed E-state index contributed by atoms with van der Waals surface area (Å²) in [5, 5.41) is 4.36. The molecule has 0 bridgehead atoms. The minimum Gasteiger partial charge on any atom is -0.461 e. The van der Waals surface area contributed by atoms with Gasteiger partial charge in [-0.05, 0) is 37.8 Å². The standard InChI is InChI=1S/C23H31N9O2/c24-21-26-22(27-23-25-19(28-32(21)23)18-9-5-15-34-18)31-10-4-8-17(31)20(33)30-13-11-29(12-14-30)16-6-2-1-3-7-16/h5,9,15-17H,1-4,6-8,10-14H2,(H2,24,25,26,27,28)/t17-/m0/s1. The van der Waals surface area contributed by atoms with Gasteiger partial charge in [-0.1, -0.05) is 19.3 Å². The molecule has 2 saturated heterocycles. The highest BCUT2D eigenvalue weighted by atomic mass is 16.3. The average Bonchev–Trinajstić information content (AvgIpc) is 3.64. The largest absolute Gasteiger partial charge is 0.461 e. The number of anilines is 2. The van der Waals surface area contributed by atoms with E-state index in [1.807, 2.05) is 9.80 Å². The number of amides is 1. The van der Waals surface area contributed by atoms with Crippen molar-refractivity contribution in [2.75, 3.05) is 43.4 Å². The molecule has 1 saturated carbocycles. The number of hydrogen-bond donors (Lipinski definition) is 1. The van der Waals surface area contributed by atoms with Gasteiger partial charge >= 0.3 is 0 Å². The Bertz CT molecular complexity index is 1150. The van der Waals surface area contributed by atoms with E-state index in [1.54, 1.807) is 18.4 Å². The van der Waals surface area contributed by atoms with E-state index in [0.29, 0.717) is 35.9 Å². The summed E-state index contributed by atoms with van der Waals surface area (Å²) in [5.74, 6) is 2.05. The lowest BCUT2D eigenvalue weighted by atomic mass is 9.94. The van der Waals surface area contributed by atoms with Gasteiger partial charge in [-0.25, -0.2) is 0 Å². The van der Waals surface area contributed by atoms with Crippen LogP contribution in [0.4, 0.5) is 11.9 Å². The highest BCUT2D eigenvalue weighted by molar-refractivity contribution is 5.85. The van der Waals surface area contributed by atoms with Crippen molar-refractivity contribution in [3.8, 4) is 11.6 Å². The zero-order valence-electron chi connectivity index (χ0n) is 19.3. The van der Waals surface area contributed by atoms with E-state index < -0.39 is 0 Å². The molecule has 5 heterocycles. The second-order valence-electron chi connectivity index (χ2n) is 9.51. The third-order valence-corrected chi connectivity index (χ3v) is 7.47. The number of hydrogen-bond acceptors (Lipinski definition) is 9. The van der Waals surface area contributed by atoms with Crippen LogP contribution in [0.15, 0.2) is 22.8 Å². The molecule has 0 unspecified atom stereocenters. The molecule has 1 atom stereocenters. The van der Waals surface area contributed by atoms with Gasteiger partial charge in [0.2, 0.25) is 23.6 Å². The third-order valence-electron chi connectivity index (χ3n) is 7.47. The van der Waals surface area contributed by atoms with Gasteiger partial charge in [0.25, 0.3) is 5.78 Å². The van der Waals surface area contributed by atoms with Gasteiger partial charge in [-0.2, -0.15) is 19.5 Å². The predicted octanol–water partition coefficient (Wildman–Crippen LogP) is 1.81. The van der Waals surface area contributed by atoms with Crippen LogP contribution in [-0.4, -0.2) is 85.1 Å². The minimum absolute atomic E-state index is 0.167. The number of furan rings is 1. The molecule has 0 radical (unpaired) electrons. The monoisotopic (exact) mass is 465 g/mol. The number of aromatic nitrogens is 5. The number of nitrogens with two attached hydrogens (primary N) is 1. The Morgan fingerprint density at radius 1 is 0.971 bits per heavy atom. The van der Waals surface area contributed by atoms with E-state index in [0.717, 1.165) is 39.0 Å². The number of piperazine rings is 1. The van der Waals surface area contributed by atoms with Crippen molar-refractivity contribution in [2.45, 2.75) is 57.0 Å². The van der Waals surface area contributed by atoms with Crippen molar-refractivity contribution in [2.24, 2.45) is 0 Å². The average molecular weight is 466 g/mol. The molecule has 3 aliphatic rings. The SMILES string of the molecule is Nc1nc(N2CCC[C@H]2C(=O)N2CCN(C3CCCCC3)CC2)nc2nc(-c3ccco3)nn12. The molecule has 6 rings (SSSR count). The Morgan fingerprint density at radius 2 is 1.79 bits per heavy atom. The Kier molecular flexibility index (Phi) is 5.56. The van der Waals surface area contributed by atoms with Crippen LogP contribution in [0.2, 0.25) is 0 Å². The van der Waals surface area contributed by atoms with Gasteiger partial charge in [-0.15, -0.1) is 5.10 Å². The van der Waals surface area contributed by atoms with E-state index in [-0.39, 0.29) is 17.9 Å². The van der Waals surface area contributed by atoms with E-state index in [9.17, 15) is 4.79 Å². The summed E-state index contributed by atoms with van der Waals surface area (Å²) < 4.78 is 6.79. The second-order valence-corrected chi connectivity index (χ2v) is 9.51. The Balaban J connectivity index is 1.17. The zero-order chi connectivity index (χ0) is 23.1. The van der Waals surface area contributed by atoms with Crippen LogP contribution in [0, 0.1) is 0 Å². The quantitative estimate of drug-likeness (QED) is 0.614. The van der Waals surface area contributed by atoms with Crippen LogP contribution in [0.3, 0.4) is 0 Å². The normalized spacial score (nSPS) is 22.6. The fourth-order valence-corrected chi connectivity index (χ4v) is 5.66. The van der Waals surface area contributed by atoms with Gasteiger partial charge < -0.3 is 20.0 Å². The second kappa shape index (κ2) is 8.86. The lowest BCUT2D eigenvalue weighted by Gasteiger charge is -2.41. The maximum atomic E-state index is 13.5. The molecule has 2 N–H and O–H groups in total. The van der Waals surface area contributed by atoms with Crippen LogP contribution in [-0.2, 0) is 4.79 Å². The molecular formula is C23H31N9O2. The highest BCUT2D eigenvalue weighted by Crippen LogP contribution is 2.27. The molecule has 0 aromatic carbocycles. The van der Waals surface area contributed by atoms with Gasteiger partial charge in [0, 0.05) is 38.8 Å². The molecule has 0 spiro atoms. The predicted molar refractivity (Wildman–Crippen MR) is 126 cm³/mol. The van der Waals surface area contributed by atoms with Gasteiger partial charge in [0.1, 0.15) is 6.04 Å². The topological polar surface area (TPSA) is 122 Å². The van der Waals surface area contributed by atoms with Gasteiger partial charge in [-0.3, -0.25) is 9.69 Å². The van der Waals surface area contributed by atoms with Crippen molar-refractivity contribution in [1.29, 1.82) is 0 Å². The molecule has 11 nitrogen and oxygen atoms in total. The summed E-state index contributed by atoms with van der Waals surface area (Å²) >= 11 is 0. The molecule has 3 aromatic rings. The first-order chi connectivity index (χ1) is 16.7. The summed E-state index contributed by atoms with van der Waals surface area (Å²) in [6, 6.07) is 3.99. The zero-order valence-corrected chi connectivity index (χ0v) is 19.3. The Morgan fingerprint density at radius 3 is 2.56 bits per heavy atom. The number of carbonyl (C=O) groups excluding carboxylic acids is 1. The first-order valence-corrected chi connectivity index (χ1v) is 12.4. The van der Waals surface area contributed by atoms with Crippen molar-refractivity contribution >= 4 is 23.6 Å². The molecule has 180 valence electrons. The summed E-state index contributed by atoms with van der Waals surface area (Å²) in [4.78, 5) is 33.6. The van der Waals surface area contributed by atoms with Crippen molar-refractivity contribution < 1.29 is 9.21 Å².